The average molecular weight is 331 g/mol. The van der Waals surface area contributed by atoms with Gasteiger partial charge in [0.25, 0.3) is 0 Å². The summed E-state index contributed by atoms with van der Waals surface area (Å²) in [4.78, 5) is 11.8. The third-order valence-corrected chi connectivity index (χ3v) is 6.36. The van der Waals surface area contributed by atoms with Crippen molar-refractivity contribution < 1.29 is 17.6 Å². The molecule has 1 aliphatic heterocycles. The van der Waals surface area contributed by atoms with Crippen molar-refractivity contribution in [3.63, 3.8) is 0 Å². The number of carbonyl (C=O) groups is 1. The number of hydrogen-bond donors (Lipinski definition) is 1. The number of nitrogens with one attached hydrogen (secondary N) is 1. The lowest BCUT2D eigenvalue weighted by atomic mass is 10.1. The topological polar surface area (TPSA) is 63.2 Å². The predicted molar refractivity (Wildman–Crippen MR) is 82.5 cm³/mol. The Bertz CT molecular complexity index is 618. The van der Waals surface area contributed by atoms with Crippen LogP contribution in [0.4, 0.5) is 4.39 Å². The van der Waals surface area contributed by atoms with Gasteiger partial charge < -0.3 is 5.32 Å². The lowest BCUT2D eigenvalue weighted by Gasteiger charge is -2.14. The Balaban J connectivity index is 1.80. The third-order valence-electron chi connectivity index (χ3n) is 3.41. The molecular weight excluding hydrogens is 313 g/mol. The molecule has 2 atom stereocenters. The standard InChI is InChI=1S/C14H18FNO3S2/c1-10(12-4-2-3-5-13(12)15)20-8-14(17)16-11-6-7-21(18,19)9-11/h2-5,10-11H,6-9H2,1H3,(H,16,17)/t10-,11-/m0/s1. The summed E-state index contributed by atoms with van der Waals surface area (Å²) < 4.78 is 36.2. The molecular formula is C14H18FNO3S2. The monoisotopic (exact) mass is 331 g/mol. The SMILES string of the molecule is C[C@H](SCC(=O)N[C@H]1CCS(=O)(=O)C1)c1ccccc1F. The first-order valence-corrected chi connectivity index (χ1v) is 9.60. The van der Waals surface area contributed by atoms with E-state index in [1.54, 1.807) is 18.2 Å². The maximum Gasteiger partial charge on any atom is 0.230 e. The van der Waals surface area contributed by atoms with Gasteiger partial charge in [-0.1, -0.05) is 18.2 Å². The average Bonchev–Trinajstić information content (AvgIpc) is 2.75. The zero-order chi connectivity index (χ0) is 15.5. The molecule has 1 saturated heterocycles. The van der Waals surface area contributed by atoms with Gasteiger partial charge >= 0.3 is 0 Å². The number of thioether (sulfide) groups is 1. The van der Waals surface area contributed by atoms with Crippen LogP contribution in [-0.2, 0) is 14.6 Å². The molecule has 4 nitrogen and oxygen atoms in total. The third kappa shape index (κ3) is 4.71. The lowest BCUT2D eigenvalue weighted by molar-refractivity contribution is -0.119. The van der Waals surface area contributed by atoms with Crippen LogP contribution in [0.25, 0.3) is 0 Å². The summed E-state index contributed by atoms with van der Waals surface area (Å²) in [6.07, 6.45) is 0.474. The molecule has 1 heterocycles. The summed E-state index contributed by atoms with van der Waals surface area (Å²) >= 11 is 1.33. The Morgan fingerprint density at radius 3 is 2.81 bits per heavy atom. The Hall–Kier alpha value is -1.08. The van der Waals surface area contributed by atoms with Crippen LogP contribution in [0.3, 0.4) is 0 Å². The first kappa shape index (κ1) is 16.3. The van der Waals surface area contributed by atoms with Gasteiger partial charge in [-0.2, -0.15) is 0 Å². The van der Waals surface area contributed by atoms with Crippen LogP contribution in [0.5, 0.6) is 0 Å². The Morgan fingerprint density at radius 1 is 1.48 bits per heavy atom. The Morgan fingerprint density at radius 2 is 2.19 bits per heavy atom. The van der Waals surface area contributed by atoms with E-state index in [-0.39, 0.29) is 40.3 Å². The van der Waals surface area contributed by atoms with Gasteiger partial charge in [0, 0.05) is 16.9 Å². The molecule has 21 heavy (non-hydrogen) atoms. The van der Waals surface area contributed by atoms with Gasteiger partial charge in [0.05, 0.1) is 17.3 Å². The zero-order valence-corrected chi connectivity index (χ0v) is 13.3. The fraction of sp³-hybridized carbons (Fsp3) is 0.500. The quantitative estimate of drug-likeness (QED) is 0.895. The smallest absolute Gasteiger partial charge is 0.230 e. The molecule has 0 radical (unpaired) electrons. The molecule has 1 aromatic carbocycles. The molecule has 1 aliphatic rings. The number of halogens is 1. The lowest BCUT2D eigenvalue weighted by Crippen LogP contribution is -2.36. The van der Waals surface area contributed by atoms with E-state index in [0.29, 0.717) is 12.0 Å². The number of benzene rings is 1. The summed E-state index contributed by atoms with van der Waals surface area (Å²) in [6, 6.07) is 6.21. The minimum absolute atomic E-state index is 0.0201. The molecule has 1 fully saturated rings. The van der Waals surface area contributed by atoms with Crippen molar-refractivity contribution in [1.82, 2.24) is 5.32 Å². The normalized spacial score (nSPS) is 21.9. The highest BCUT2D eigenvalue weighted by molar-refractivity contribution is 8.00. The highest BCUT2D eigenvalue weighted by Gasteiger charge is 2.28. The summed E-state index contributed by atoms with van der Waals surface area (Å²) in [6.45, 7) is 1.84. The number of sulfone groups is 1. The number of carbonyl (C=O) groups excluding carboxylic acids is 1. The minimum Gasteiger partial charge on any atom is -0.352 e. The fourth-order valence-electron chi connectivity index (χ4n) is 2.27. The van der Waals surface area contributed by atoms with Crippen LogP contribution in [0.1, 0.15) is 24.2 Å². The first-order valence-electron chi connectivity index (χ1n) is 6.73. The van der Waals surface area contributed by atoms with Crippen molar-refractivity contribution >= 4 is 27.5 Å². The zero-order valence-electron chi connectivity index (χ0n) is 11.7. The van der Waals surface area contributed by atoms with Crippen LogP contribution < -0.4 is 5.32 Å². The number of rotatable bonds is 5. The number of amides is 1. The van der Waals surface area contributed by atoms with Gasteiger partial charge in [0.1, 0.15) is 5.82 Å². The maximum absolute atomic E-state index is 13.6. The van der Waals surface area contributed by atoms with E-state index in [4.69, 9.17) is 0 Å². The van der Waals surface area contributed by atoms with Gasteiger partial charge in [-0.05, 0) is 19.4 Å². The molecule has 0 spiro atoms. The fourth-order valence-corrected chi connectivity index (χ4v) is 4.80. The first-order chi connectivity index (χ1) is 9.87. The molecule has 7 heteroatoms. The van der Waals surface area contributed by atoms with Crippen molar-refractivity contribution in [3.8, 4) is 0 Å². The van der Waals surface area contributed by atoms with Crippen LogP contribution >= 0.6 is 11.8 Å². The minimum atomic E-state index is -2.99. The molecule has 0 aliphatic carbocycles. The molecule has 0 saturated carbocycles. The van der Waals surface area contributed by atoms with Gasteiger partial charge in [0.2, 0.25) is 5.91 Å². The van der Waals surface area contributed by atoms with Gasteiger partial charge in [0.15, 0.2) is 9.84 Å². The summed E-state index contributed by atoms with van der Waals surface area (Å²) in [5.74, 6) is -0.139. The Kier molecular flexibility index (Phi) is 5.27. The second kappa shape index (κ2) is 6.79. The molecule has 0 aromatic heterocycles. The second-order valence-corrected chi connectivity index (χ2v) is 8.70. The van der Waals surface area contributed by atoms with Crippen molar-refractivity contribution in [3.05, 3.63) is 35.6 Å². The van der Waals surface area contributed by atoms with Crippen molar-refractivity contribution in [2.45, 2.75) is 24.6 Å². The number of hydrogen-bond acceptors (Lipinski definition) is 4. The predicted octanol–water partition coefficient (Wildman–Crippen LogP) is 1.92. The van der Waals surface area contributed by atoms with Crippen LogP contribution in [0, 0.1) is 5.82 Å². The summed E-state index contributed by atoms with van der Waals surface area (Å²) in [7, 11) is -2.99. The second-order valence-electron chi connectivity index (χ2n) is 5.14. The van der Waals surface area contributed by atoms with E-state index < -0.39 is 9.84 Å². The molecule has 0 bridgehead atoms. The highest BCUT2D eigenvalue weighted by Crippen LogP contribution is 2.29. The van der Waals surface area contributed by atoms with Crippen LogP contribution in [-0.4, -0.2) is 37.6 Å². The van der Waals surface area contributed by atoms with E-state index in [9.17, 15) is 17.6 Å². The van der Waals surface area contributed by atoms with Crippen molar-refractivity contribution in [2.24, 2.45) is 0 Å². The maximum atomic E-state index is 13.6. The van der Waals surface area contributed by atoms with Gasteiger partial charge in [-0.25, -0.2) is 12.8 Å². The van der Waals surface area contributed by atoms with Crippen LogP contribution in [0.15, 0.2) is 24.3 Å². The molecule has 116 valence electrons. The van der Waals surface area contributed by atoms with Crippen molar-refractivity contribution in [2.75, 3.05) is 17.3 Å². The Labute approximate surface area is 128 Å². The van der Waals surface area contributed by atoms with Crippen molar-refractivity contribution in [1.29, 1.82) is 0 Å². The summed E-state index contributed by atoms with van der Waals surface area (Å²) in [5, 5.41) is 2.59. The highest BCUT2D eigenvalue weighted by atomic mass is 32.2. The van der Waals surface area contributed by atoms with Crippen LogP contribution in [0.2, 0.25) is 0 Å². The molecule has 0 unspecified atom stereocenters. The van der Waals surface area contributed by atoms with Gasteiger partial charge in [-0.15, -0.1) is 11.8 Å². The van der Waals surface area contributed by atoms with E-state index in [0.717, 1.165) is 0 Å². The van der Waals surface area contributed by atoms with E-state index in [2.05, 4.69) is 5.32 Å². The summed E-state index contributed by atoms with van der Waals surface area (Å²) in [5.41, 5.74) is 0.568. The van der Waals surface area contributed by atoms with E-state index in [1.165, 1.54) is 17.8 Å². The molecule has 2 rings (SSSR count). The van der Waals surface area contributed by atoms with E-state index >= 15 is 0 Å². The van der Waals surface area contributed by atoms with E-state index in [1.807, 2.05) is 6.92 Å². The molecule has 1 N–H and O–H groups in total. The molecule has 1 amide bonds. The molecule has 1 aromatic rings. The van der Waals surface area contributed by atoms with Gasteiger partial charge in [-0.3, -0.25) is 4.79 Å². The largest absolute Gasteiger partial charge is 0.352 e.